The molecule has 0 aliphatic carbocycles. The van der Waals surface area contributed by atoms with Crippen LogP contribution in [0.15, 0.2) is 27.6 Å². The Morgan fingerprint density at radius 1 is 1.45 bits per heavy atom. The second-order valence-corrected chi connectivity index (χ2v) is 7.58. The molecule has 1 rings (SSSR count). The van der Waals surface area contributed by atoms with Gasteiger partial charge in [0.1, 0.15) is 6.04 Å². The van der Waals surface area contributed by atoms with Crippen LogP contribution in [-0.4, -0.2) is 25.5 Å². The summed E-state index contributed by atoms with van der Waals surface area (Å²) in [5.41, 5.74) is 0. The molecular formula is C12H15BrClNO4S. The lowest BCUT2D eigenvalue weighted by Crippen LogP contribution is -2.41. The van der Waals surface area contributed by atoms with Gasteiger partial charge in [-0.2, -0.15) is 4.72 Å². The fourth-order valence-electron chi connectivity index (χ4n) is 1.61. The van der Waals surface area contributed by atoms with E-state index in [2.05, 4.69) is 20.7 Å². The number of benzene rings is 1. The molecule has 0 saturated heterocycles. The monoisotopic (exact) mass is 383 g/mol. The molecule has 2 N–H and O–H groups in total. The van der Waals surface area contributed by atoms with E-state index < -0.39 is 22.0 Å². The van der Waals surface area contributed by atoms with Gasteiger partial charge in [-0.25, -0.2) is 8.42 Å². The van der Waals surface area contributed by atoms with Crippen LogP contribution in [0.4, 0.5) is 0 Å². The standard InChI is InChI=1S/C12H15BrClNO4S/c1-7(2)6-9(12(16)17)15-20(18,19)10-5-3-4-8(14)11(10)13/h3-5,7,9,15H,6H2,1-2H3,(H,16,17). The van der Waals surface area contributed by atoms with Gasteiger partial charge in [0.15, 0.2) is 0 Å². The maximum absolute atomic E-state index is 12.2. The summed E-state index contributed by atoms with van der Waals surface area (Å²) >= 11 is 8.94. The number of hydrogen-bond acceptors (Lipinski definition) is 3. The SMILES string of the molecule is CC(C)CC(NS(=O)(=O)c1cccc(Cl)c1Br)C(=O)O. The highest BCUT2D eigenvalue weighted by Crippen LogP contribution is 2.29. The largest absolute Gasteiger partial charge is 0.480 e. The Labute approximate surface area is 131 Å². The number of rotatable bonds is 6. The third kappa shape index (κ3) is 4.44. The molecule has 0 heterocycles. The van der Waals surface area contributed by atoms with Crippen LogP contribution in [0.1, 0.15) is 20.3 Å². The van der Waals surface area contributed by atoms with E-state index in [4.69, 9.17) is 16.7 Å². The molecule has 1 unspecified atom stereocenters. The van der Waals surface area contributed by atoms with Crippen molar-refractivity contribution in [3.63, 3.8) is 0 Å². The number of carboxylic acids is 1. The lowest BCUT2D eigenvalue weighted by molar-refractivity contribution is -0.139. The van der Waals surface area contributed by atoms with Gasteiger partial charge in [0.2, 0.25) is 10.0 Å². The number of hydrogen-bond donors (Lipinski definition) is 2. The number of aliphatic carboxylic acids is 1. The first-order valence-electron chi connectivity index (χ1n) is 5.84. The van der Waals surface area contributed by atoms with Gasteiger partial charge in [0.25, 0.3) is 0 Å². The van der Waals surface area contributed by atoms with Crippen molar-refractivity contribution in [2.45, 2.75) is 31.2 Å². The predicted octanol–water partition coefficient (Wildman–Crippen LogP) is 2.88. The zero-order valence-corrected chi connectivity index (χ0v) is 14.1. The van der Waals surface area contributed by atoms with E-state index >= 15 is 0 Å². The lowest BCUT2D eigenvalue weighted by Gasteiger charge is -2.17. The topological polar surface area (TPSA) is 83.5 Å². The highest BCUT2D eigenvalue weighted by atomic mass is 79.9. The quantitative estimate of drug-likeness (QED) is 0.790. The van der Waals surface area contributed by atoms with E-state index in [-0.39, 0.29) is 26.7 Å². The minimum absolute atomic E-state index is 0.0432. The van der Waals surface area contributed by atoms with Crippen LogP contribution in [-0.2, 0) is 14.8 Å². The van der Waals surface area contributed by atoms with Crippen molar-refractivity contribution in [1.82, 2.24) is 4.72 Å². The summed E-state index contributed by atoms with van der Waals surface area (Å²) in [6.45, 7) is 3.64. The summed E-state index contributed by atoms with van der Waals surface area (Å²) in [5, 5.41) is 9.33. The highest BCUT2D eigenvalue weighted by Gasteiger charge is 2.27. The van der Waals surface area contributed by atoms with Crippen LogP contribution in [0.3, 0.4) is 0 Å². The van der Waals surface area contributed by atoms with Crippen molar-refractivity contribution in [2.24, 2.45) is 5.92 Å². The summed E-state index contributed by atoms with van der Waals surface area (Å²) in [6.07, 6.45) is 0.201. The van der Waals surface area contributed by atoms with E-state index in [0.717, 1.165) is 0 Å². The van der Waals surface area contributed by atoms with Gasteiger partial charge >= 0.3 is 5.97 Å². The minimum atomic E-state index is -3.97. The maximum Gasteiger partial charge on any atom is 0.321 e. The average Bonchev–Trinajstić information content (AvgIpc) is 2.30. The van der Waals surface area contributed by atoms with E-state index in [1.165, 1.54) is 18.2 Å². The molecule has 0 bridgehead atoms. The third-order valence-corrected chi connectivity index (χ3v) is 5.68. The molecule has 0 fully saturated rings. The van der Waals surface area contributed by atoms with Gasteiger partial charge in [0, 0.05) is 0 Å². The molecule has 8 heteroatoms. The Kier molecular flexibility index (Phi) is 6.00. The van der Waals surface area contributed by atoms with Crippen LogP contribution in [0.25, 0.3) is 0 Å². The smallest absolute Gasteiger partial charge is 0.321 e. The van der Waals surface area contributed by atoms with Crippen LogP contribution in [0, 0.1) is 5.92 Å². The summed E-state index contributed by atoms with van der Waals surface area (Å²) in [5.74, 6) is -1.16. The fourth-order valence-corrected chi connectivity index (χ4v) is 4.05. The van der Waals surface area contributed by atoms with Crippen molar-refractivity contribution in [1.29, 1.82) is 0 Å². The van der Waals surface area contributed by atoms with Crippen molar-refractivity contribution in [3.8, 4) is 0 Å². The molecule has 1 aromatic carbocycles. The van der Waals surface area contributed by atoms with Crippen molar-refractivity contribution in [3.05, 3.63) is 27.7 Å². The molecule has 0 amide bonds. The number of halogens is 2. The predicted molar refractivity (Wildman–Crippen MR) is 80.4 cm³/mol. The van der Waals surface area contributed by atoms with E-state index in [9.17, 15) is 13.2 Å². The van der Waals surface area contributed by atoms with Gasteiger partial charge < -0.3 is 5.11 Å². The number of sulfonamides is 1. The normalized spacial score (nSPS) is 13.4. The second kappa shape index (κ2) is 6.89. The minimum Gasteiger partial charge on any atom is -0.480 e. The maximum atomic E-state index is 12.2. The Balaban J connectivity index is 3.10. The first kappa shape index (κ1) is 17.4. The number of carboxylic acid groups (broad SMARTS) is 1. The number of nitrogens with one attached hydrogen (secondary N) is 1. The Bertz CT molecular complexity index is 603. The molecule has 1 aromatic rings. The Morgan fingerprint density at radius 2 is 2.05 bits per heavy atom. The molecule has 0 aliphatic rings. The highest BCUT2D eigenvalue weighted by molar-refractivity contribution is 9.10. The first-order valence-corrected chi connectivity index (χ1v) is 8.49. The zero-order chi connectivity index (χ0) is 15.5. The molecular weight excluding hydrogens is 370 g/mol. The second-order valence-electron chi connectivity index (χ2n) is 4.69. The van der Waals surface area contributed by atoms with Gasteiger partial charge in [0.05, 0.1) is 14.4 Å². The number of carbonyl (C=O) groups is 1. The molecule has 0 spiro atoms. The molecule has 0 radical (unpaired) electrons. The van der Waals surface area contributed by atoms with Crippen molar-refractivity contribution < 1.29 is 18.3 Å². The Hall–Kier alpha value is -0.630. The third-order valence-electron chi connectivity index (χ3n) is 2.51. The van der Waals surface area contributed by atoms with E-state index in [1.54, 1.807) is 0 Å². The van der Waals surface area contributed by atoms with Crippen LogP contribution in [0.5, 0.6) is 0 Å². The van der Waals surface area contributed by atoms with E-state index in [1.807, 2.05) is 13.8 Å². The van der Waals surface area contributed by atoms with Crippen LogP contribution < -0.4 is 4.72 Å². The average molecular weight is 385 g/mol. The summed E-state index contributed by atoms with van der Waals surface area (Å²) in [7, 11) is -3.97. The van der Waals surface area contributed by atoms with Gasteiger partial charge in [-0.05, 0) is 40.4 Å². The lowest BCUT2D eigenvalue weighted by atomic mass is 10.1. The summed E-state index contributed by atoms with van der Waals surface area (Å²) < 4.78 is 26.9. The zero-order valence-electron chi connectivity index (χ0n) is 10.9. The summed E-state index contributed by atoms with van der Waals surface area (Å²) in [4.78, 5) is 11.0. The van der Waals surface area contributed by atoms with Crippen molar-refractivity contribution >= 4 is 43.5 Å². The Morgan fingerprint density at radius 3 is 2.55 bits per heavy atom. The molecule has 1 atom stereocenters. The van der Waals surface area contributed by atoms with Gasteiger partial charge in [-0.1, -0.05) is 31.5 Å². The van der Waals surface area contributed by atoms with Crippen LogP contribution >= 0.6 is 27.5 Å². The fraction of sp³-hybridized carbons (Fsp3) is 0.417. The first-order chi connectivity index (χ1) is 9.15. The summed E-state index contributed by atoms with van der Waals surface area (Å²) in [6, 6.07) is 3.20. The molecule has 0 saturated carbocycles. The van der Waals surface area contributed by atoms with E-state index in [0.29, 0.717) is 0 Å². The van der Waals surface area contributed by atoms with Crippen LogP contribution in [0.2, 0.25) is 5.02 Å². The molecule has 20 heavy (non-hydrogen) atoms. The molecule has 0 aliphatic heterocycles. The van der Waals surface area contributed by atoms with Gasteiger partial charge in [-0.15, -0.1) is 0 Å². The van der Waals surface area contributed by atoms with Crippen molar-refractivity contribution in [2.75, 3.05) is 0 Å². The molecule has 5 nitrogen and oxygen atoms in total. The molecule has 112 valence electrons. The van der Waals surface area contributed by atoms with Gasteiger partial charge in [-0.3, -0.25) is 4.79 Å². The molecule has 0 aromatic heterocycles.